The molecular weight excluding hydrogens is 240 g/mol. The molecule has 5 heteroatoms. The molecule has 0 aromatic rings. The zero-order valence-corrected chi connectivity index (χ0v) is 11.5. The Hall–Kier alpha value is -0.710. The van der Waals surface area contributed by atoms with Crippen molar-refractivity contribution in [2.45, 2.75) is 70.4 Å². The van der Waals surface area contributed by atoms with E-state index in [9.17, 15) is 18.7 Å². The van der Waals surface area contributed by atoms with E-state index in [1.165, 1.54) is 0 Å². The SMILES string of the molecule is CC(C)(O)C(C)(C)NC(=O)C1CCCC(F)(F)C1. The molecule has 106 valence electrons. The van der Waals surface area contributed by atoms with E-state index < -0.39 is 23.0 Å². The zero-order chi connectivity index (χ0) is 14.2. The first kappa shape index (κ1) is 15.3. The van der Waals surface area contributed by atoms with Gasteiger partial charge in [-0.15, -0.1) is 0 Å². The summed E-state index contributed by atoms with van der Waals surface area (Å²) in [5, 5.41) is 12.6. The Bertz CT molecular complexity index is 321. The molecular formula is C13H23F2NO2. The Kier molecular flexibility index (Phi) is 4.06. The summed E-state index contributed by atoms with van der Waals surface area (Å²) >= 11 is 0. The molecule has 1 atom stereocenters. The van der Waals surface area contributed by atoms with Gasteiger partial charge < -0.3 is 10.4 Å². The van der Waals surface area contributed by atoms with Crippen LogP contribution in [0.2, 0.25) is 0 Å². The molecule has 0 spiro atoms. The van der Waals surface area contributed by atoms with Crippen LogP contribution in [0.25, 0.3) is 0 Å². The van der Waals surface area contributed by atoms with Gasteiger partial charge in [0, 0.05) is 18.8 Å². The van der Waals surface area contributed by atoms with Crippen molar-refractivity contribution in [1.29, 1.82) is 0 Å². The second-order valence-electron chi connectivity index (χ2n) is 6.32. The third kappa shape index (κ3) is 3.64. The number of carbonyl (C=O) groups is 1. The highest BCUT2D eigenvalue weighted by Crippen LogP contribution is 2.37. The largest absolute Gasteiger partial charge is 0.388 e. The van der Waals surface area contributed by atoms with Crippen LogP contribution in [0.15, 0.2) is 0 Å². The Morgan fingerprint density at radius 3 is 2.33 bits per heavy atom. The minimum absolute atomic E-state index is 0.133. The molecule has 0 saturated heterocycles. The fraction of sp³-hybridized carbons (Fsp3) is 0.923. The first-order chi connectivity index (χ1) is 7.95. The van der Waals surface area contributed by atoms with Crippen molar-refractivity contribution in [2.75, 3.05) is 0 Å². The molecule has 1 amide bonds. The van der Waals surface area contributed by atoms with Crippen molar-refractivity contribution in [3.63, 3.8) is 0 Å². The lowest BCUT2D eigenvalue weighted by Gasteiger charge is -2.39. The van der Waals surface area contributed by atoms with Gasteiger partial charge in [-0.3, -0.25) is 4.79 Å². The molecule has 3 nitrogen and oxygen atoms in total. The predicted molar refractivity (Wildman–Crippen MR) is 65.4 cm³/mol. The summed E-state index contributed by atoms with van der Waals surface area (Å²) in [6.07, 6.45) is 0.337. The lowest BCUT2D eigenvalue weighted by Crippen LogP contribution is -2.59. The predicted octanol–water partition coefficient (Wildman–Crippen LogP) is 2.48. The second-order valence-corrected chi connectivity index (χ2v) is 6.32. The molecule has 0 aromatic heterocycles. The first-order valence-corrected chi connectivity index (χ1v) is 6.37. The highest BCUT2D eigenvalue weighted by atomic mass is 19.3. The second kappa shape index (κ2) is 4.76. The maximum Gasteiger partial charge on any atom is 0.248 e. The first-order valence-electron chi connectivity index (χ1n) is 6.37. The quantitative estimate of drug-likeness (QED) is 0.822. The number of carbonyl (C=O) groups excluding carboxylic acids is 1. The number of halogens is 2. The molecule has 2 N–H and O–H groups in total. The summed E-state index contributed by atoms with van der Waals surface area (Å²) in [7, 11) is 0. The lowest BCUT2D eigenvalue weighted by atomic mass is 9.82. The molecule has 1 aliphatic carbocycles. The summed E-state index contributed by atoms with van der Waals surface area (Å²) in [5.74, 6) is -3.78. The fourth-order valence-corrected chi connectivity index (χ4v) is 1.96. The van der Waals surface area contributed by atoms with Gasteiger partial charge in [0.1, 0.15) is 0 Å². The fourth-order valence-electron chi connectivity index (χ4n) is 1.96. The van der Waals surface area contributed by atoms with E-state index in [4.69, 9.17) is 0 Å². The van der Waals surface area contributed by atoms with E-state index >= 15 is 0 Å². The lowest BCUT2D eigenvalue weighted by molar-refractivity contribution is -0.137. The smallest absolute Gasteiger partial charge is 0.248 e. The van der Waals surface area contributed by atoms with Gasteiger partial charge in [-0.2, -0.15) is 0 Å². The molecule has 0 heterocycles. The van der Waals surface area contributed by atoms with Gasteiger partial charge >= 0.3 is 0 Å². The molecule has 1 rings (SSSR count). The number of alkyl halides is 2. The minimum atomic E-state index is -2.74. The summed E-state index contributed by atoms with van der Waals surface area (Å²) in [4.78, 5) is 12.0. The third-order valence-corrected chi connectivity index (χ3v) is 3.98. The standard InChI is InChI=1S/C13H23F2NO2/c1-11(2,12(3,4)18)16-10(17)9-6-5-7-13(14,15)8-9/h9,18H,5-8H2,1-4H3,(H,16,17). The van der Waals surface area contributed by atoms with Crippen LogP contribution in [0.3, 0.4) is 0 Å². The van der Waals surface area contributed by atoms with Gasteiger partial charge in [0.2, 0.25) is 11.8 Å². The van der Waals surface area contributed by atoms with Crippen molar-refractivity contribution in [2.24, 2.45) is 5.92 Å². The summed E-state index contributed by atoms with van der Waals surface area (Å²) < 4.78 is 26.5. The zero-order valence-electron chi connectivity index (χ0n) is 11.5. The van der Waals surface area contributed by atoms with Crippen LogP contribution in [-0.2, 0) is 4.79 Å². The summed E-state index contributed by atoms with van der Waals surface area (Å²) in [5.41, 5.74) is -1.96. The molecule has 1 fully saturated rings. The van der Waals surface area contributed by atoms with Crippen molar-refractivity contribution in [3.8, 4) is 0 Å². The van der Waals surface area contributed by atoms with Crippen LogP contribution in [0.5, 0.6) is 0 Å². The van der Waals surface area contributed by atoms with E-state index in [2.05, 4.69) is 5.32 Å². The Morgan fingerprint density at radius 1 is 1.33 bits per heavy atom. The Morgan fingerprint density at radius 2 is 1.89 bits per heavy atom. The number of hydrogen-bond acceptors (Lipinski definition) is 2. The Labute approximate surface area is 107 Å². The van der Waals surface area contributed by atoms with E-state index in [1.54, 1.807) is 27.7 Å². The van der Waals surface area contributed by atoms with Crippen LogP contribution in [0, 0.1) is 5.92 Å². The summed E-state index contributed by atoms with van der Waals surface area (Å²) in [6, 6.07) is 0. The van der Waals surface area contributed by atoms with Crippen LogP contribution in [0.1, 0.15) is 53.4 Å². The van der Waals surface area contributed by atoms with E-state index in [0.29, 0.717) is 12.8 Å². The Balaban J connectivity index is 2.66. The monoisotopic (exact) mass is 263 g/mol. The molecule has 18 heavy (non-hydrogen) atoms. The van der Waals surface area contributed by atoms with E-state index in [1.807, 2.05) is 0 Å². The molecule has 0 radical (unpaired) electrons. The normalized spacial score (nSPS) is 24.7. The molecule has 0 bridgehead atoms. The average molecular weight is 263 g/mol. The molecule has 1 saturated carbocycles. The van der Waals surface area contributed by atoms with Crippen molar-refractivity contribution in [1.82, 2.24) is 5.32 Å². The number of hydrogen-bond donors (Lipinski definition) is 2. The minimum Gasteiger partial charge on any atom is -0.388 e. The number of amides is 1. The highest BCUT2D eigenvalue weighted by Gasteiger charge is 2.42. The van der Waals surface area contributed by atoms with Crippen LogP contribution in [0.4, 0.5) is 8.78 Å². The van der Waals surface area contributed by atoms with Crippen LogP contribution >= 0.6 is 0 Å². The van der Waals surface area contributed by atoms with Crippen molar-refractivity contribution < 1.29 is 18.7 Å². The van der Waals surface area contributed by atoms with Gasteiger partial charge in [-0.25, -0.2) is 8.78 Å². The summed E-state index contributed by atoms with van der Waals surface area (Å²) in [6.45, 7) is 6.54. The molecule has 1 unspecified atom stereocenters. The van der Waals surface area contributed by atoms with E-state index in [-0.39, 0.29) is 18.7 Å². The van der Waals surface area contributed by atoms with Crippen molar-refractivity contribution in [3.05, 3.63) is 0 Å². The maximum atomic E-state index is 13.3. The highest BCUT2D eigenvalue weighted by molar-refractivity contribution is 5.79. The molecule has 0 aromatic carbocycles. The van der Waals surface area contributed by atoms with Gasteiger partial charge in [0.15, 0.2) is 0 Å². The van der Waals surface area contributed by atoms with Crippen molar-refractivity contribution >= 4 is 5.91 Å². The molecule has 1 aliphatic rings. The molecule has 0 aliphatic heterocycles. The topological polar surface area (TPSA) is 49.3 Å². The van der Waals surface area contributed by atoms with Crippen LogP contribution in [-0.4, -0.2) is 28.1 Å². The van der Waals surface area contributed by atoms with Gasteiger partial charge in [0.25, 0.3) is 0 Å². The number of nitrogens with one attached hydrogen (secondary N) is 1. The van der Waals surface area contributed by atoms with Crippen LogP contribution < -0.4 is 5.32 Å². The number of rotatable bonds is 3. The van der Waals surface area contributed by atoms with Gasteiger partial charge in [0.05, 0.1) is 11.1 Å². The average Bonchev–Trinajstić information content (AvgIpc) is 2.13. The van der Waals surface area contributed by atoms with E-state index in [0.717, 1.165) is 0 Å². The van der Waals surface area contributed by atoms with Gasteiger partial charge in [-0.1, -0.05) is 0 Å². The number of aliphatic hydroxyl groups is 1. The third-order valence-electron chi connectivity index (χ3n) is 3.98. The van der Waals surface area contributed by atoms with Gasteiger partial charge in [-0.05, 0) is 40.5 Å². The maximum absolute atomic E-state index is 13.3.